The molecular weight excluding hydrogens is 362 g/mol. The van der Waals surface area contributed by atoms with Gasteiger partial charge in [-0.2, -0.15) is 0 Å². The molecule has 0 bridgehead atoms. The summed E-state index contributed by atoms with van der Waals surface area (Å²) in [7, 11) is 0. The lowest BCUT2D eigenvalue weighted by Crippen LogP contribution is -2.49. The molecule has 0 atom stereocenters. The first kappa shape index (κ1) is 17.5. The molecule has 0 saturated carbocycles. The molecular formula is C20H20ClN5O. The fourth-order valence-corrected chi connectivity index (χ4v) is 3.47. The molecule has 0 unspecified atom stereocenters. The van der Waals surface area contributed by atoms with Gasteiger partial charge >= 0.3 is 0 Å². The second kappa shape index (κ2) is 7.40. The van der Waals surface area contributed by atoms with Crippen LogP contribution >= 0.6 is 11.6 Å². The van der Waals surface area contributed by atoms with Gasteiger partial charge in [-0.3, -0.25) is 4.79 Å². The van der Waals surface area contributed by atoms with E-state index in [1.54, 1.807) is 10.9 Å². The number of hydrogen-bond donors (Lipinski definition) is 0. The molecule has 1 aliphatic rings. The van der Waals surface area contributed by atoms with Crippen LogP contribution in [0.3, 0.4) is 0 Å². The van der Waals surface area contributed by atoms with Crippen LogP contribution in [-0.4, -0.2) is 52.0 Å². The van der Waals surface area contributed by atoms with Gasteiger partial charge in [0.2, 0.25) is 0 Å². The molecule has 2 aromatic carbocycles. The molecule has 0 aliphatic carbocycles. The molecule has 138 valence electrons. The molecule has 27 heavy (non-hydrogen) atoms. The van der Waals surface area contributed by atoms with Crippen molar-refractivity contribution >= 4 is 23.2 Å². The van der Waals surface area contributed by atoms with Gasteiger partial charge in [0.25, 0.3) is 5.91 Å². The van der Waals surface area contributed by atoms with Crippen molar-refractivity contribution in [3.63, 3.8) is 0 Å². The Bertz CT molecular complexity index is 948. The van der Waals surface area contributed by atoms with Crippen LogP contribution < -0.4 is 4.90 Å². The van der Waals surface area contributed by atoms with Crippen molar-refractivity contribution in [3.8, 4) is 5.69 Å². The summed E-state index contributed by atoms with van der Waals surface area (Å²) in [5.74, 6) is -0.0837. The Labute approximate surface area is 163 Å². The first-order chi connectivity index (χ1) is 13.1. The summed E-state index contributed by atoms with van der Waals surface area (Å²) in [6, 6.07) is 15.6. The largest absolute Gasteiger partial charge is 0.368 e. The van der Waals surface area contributed by atoms with Crippen LogP contribution in [0.5, 0.6) is 0 Å². The predicted molar refractivity (Wildman–Crippen MR) is 106 cm³/mol. The second-order valence-electron chi connectivity index (χ2n) is 6.59. The topological polar surface area (TPSA) is 54.3 Å². The van der Waals surface area contributed by atoms with E-state index in [4.69, 9.17) is 11.6 Å². The molecule has 1 aromatic heterocycles. The number of anilines is 1. The first-order valence-corrected chi connectivity index (χ1v) is 9.28. The van der Waals surface area contributed by atoms with E-state index in [-0.39, 0.29) is 5.91 Å². The summed E-state index contributed by atoms with van der Waals surface area (Å²) in [4.78, 5) is 16.9. The number of hydrogen-bond acceptors (Lipinski definition) is 4. The van der Waals surface area contributed by atoms with E-state index < -0.39 is 0 Å². The molecule has 1 fully saturated rings. The quantitative estimate of drug-likeness (QED) is 0.699. The molecule has 2 heterocycles. The van der Waals surface area contributed by atoms with Gasteiger partial charge in [0.1, 0.15) is 0 Å². The Morgan fingerprint density at radius 1 is 1.04 bits per heavy atom. The Morgan fingerprint density at radius 2 is 1.78 bits per heavy atom. The number of aryl methyl sites for hydroxylation is 1. The lowest BCUT2D eigenvalue weighted by Gasteiger charge is -2.36. The number of amides is 1. The number of piperazine rings is 1. The highest BCUT2D eigenvalue weighted by Crippen LogP contribution is 2.25. The molecule has 0 N–H and O–H groups in total. The molecule has 1 amide bonds. The van der Waals surface area contributed by atoms with Gasteiger partial charge in [0.15, 0.2) is 5.69 Å². The third-order valence-electron chi connectivity index (χ3n) is 4.81. The highest BCUT2D eigenvalue weighted by Gasteiger charge is 2.25. The number of para-hydroxylation sites is 1. The zero-order chi connectivity index (χ0) is 18.8. The predicted octanol–water partition coefficient (Wildman–Crippen LogP) is 3.19. The van der Waals surface area contributed by atoms with Crippen LogP contribution in [0.25, 0.3) is 5.69 Å². The average Bonchev–Trinajstić information content (AvgIpc) is 3.20. The van der Waals surface area contributed by atoms with Gasteiger partial charge in [-0.15, -0.1) is 5.10 Å². The van der Waals surface area contributed by atoms with E-state index in [1.807, 2.05) is 53.4 Å². The van der Waals surface area contributed by atoms with Gasteiger partial charge in [-0.1, -0.05) is 41.1 Å². The third kappa shape index (κ3) is 3.66. The summed E-state index contributed by atoms with van der Waals surface area (Å²) in [5, 5.41) is 8.87. The van der Waals surface area contributed by atoms with Gasteiger partial charge in [-0.25, -0.2) is 4.68 Å². The van der Waals surface area contributed by atoms with Crippen LogP contribution in [-0.2, 0) is 0 Å². The lowest BCUT2D eigenvalue weighted by molar-refractivity contribution is 0.0740. The summed E-state index contributed by atoms with van der Waals surface area (Å²) in [6.07, 6.45) is 1.69. The highest BCUT2D eigenvalue weighted by atomic mass is 35.5. The van der Waals surface area contributed by atoms with Crippen molar-refractivity contribution in [2.24, 2.45) is 0 Å². The molecule has 1 aliphatic heterocycles. The van der Waals surface area contributed by atoms with Crippen molar-refractivity contribution in [2.75, 3.05) is 31.1 Å². The van der Waals surface area contributed by atoms with Gasteiger partial charge in [0.05, 0.1) is 11.9 Å². The Morgan fingerprint density at radius 3 is 2.52 bits per heavy atom. The van der Waals surface area contributed by atoms with Crippen molar-refractivity contribution in [1.29, 1.82) is 0 Å². The normalized spacial score (nSPS) is 14.4. The van der Waals surface area contributed by atoms with Crippen molar-refractivity contribution in [3.05, 3.63) is 71.0 Å². The Kier molecular flexibility index (Phi) is 4.81. The van der Waals surface area contributed by atoms with Crippen molar-refractivity contribution in [1.82, 2.24) is 19.9 Å². The van der Waals surface area contributed by atoms with E-state index in [0.29, 0.717) is 18.8 Å². The minimum absolute atomic E-state index is 0.0837. The summed E-state index contributed by atoms with van der Waals surface area (Å²) in [6.45, 7) is 4.89. The van der Waals surface area contributed by atoms with Crippen LogP contribution in [0, 0.1) is 6.92 Å². The average molecular weight is 382 g/mol. The van der Waals surface area contributed by atoms with Gasteiger partial charge in [0, 0.05) is 36.9 Å². The van der Waals surface area contributed by atoms with E-state index >= 15 is 0 Å². The summed E-state index contributed by atoms with van der Waals surface area (Å²) >= 11 is 6.14. The Balaban J connectivity index is 1.43. The second-order valence-corrected chi connectivity index (χ2v) is 7.03. The van der Waals surface area contributed by atoms with Crippen molar-refractivity contribution in [2.45, 2.75) is 6.92 Å². The minimum atomic E-state index is -0.0837. The van der Waals surface area contributed by atoms with E-state index in [9.17, 15) is 4.79 Å². The SMILES string of the molecule is Cc1ccc(Cl)cc1N1CCN(C(=O)c2cn(-c3ccccc3)nn2)CC1. The van der Waals surface area contributed by atoms with E-state index in [0.717, 1.165) is 29.5 Å². The van der Waals surface area contributed by atoms with Gasteiger partial charge in [-0.05, 0) is 36.8 Å². The number of benzene rings is 2. The maximum Gasteiger partial charge on any atom is 0.276 e. The number of carbonyl (C=O) groups is 1. The molecule has 3 aromatic rings. The Hall–Kier alpha value is -2.86. The summed E-state index contributed by atoms with van der Waals surface area (Å²) < 4.78 is 1.62. The molecule has 0 radical (unpaired) electrons. The maximum absolute atomic E-state index is 12.8. The molecule has 7 heteroatoms. The van der Waals surface area contributed by atoms with Crippen LogP contribution in [0.4, 0.5) is 5.69 Å². The summed E-state index contributed by atoms with van der Waals surface area (Å²) in [5.41, 5.74) is 3.56. The number of halogens is 1. The maximum atomic E-state index is 12.8. The standard InChI is InChI=1S/C20H20ClN5O/c1-15-7-8-16(21)13-19(15)24-9-11-25(12-10-24)20(27)18-14-26(23-22-18)17-5-3-2-4-6-17/h2-8,13-14H,9-12H2,1H3. The van der Waals surface area contributed by atoms with Gasteiger partial charge < -0.3 is 9.80 Å². The van der Waals surface area contributed by atoms with Crippen molar-refractivity contribution < 1.29 is 4.79 Å². The highest BCUT2D eigenvalue weighted by molar-refractivity contribution is 6.30. The number of nitrogens with zero attached hydrogens (tertiary/aromatic N) is 5. The van der Waals surface area contributed by atoms with Crippen LogP contribution in [0.15, 0.2) is 54.7 Å². The smallest absolute Gasteiger partial charge is 0.276 e. The molecule has 6 nitrogen and oxygen atoms in total. The minimum Gasteiger partial charge on any atom is -0.368 e. The fourth-order valence-electron chi connectivity index (χ4n) is 3.30. The number of rotatable bonds is 3. The van der Waals surface area contributed by atoms with E-state index in [1.165, 1.54) is 5.56 Å². The third-order valence-corrected chi connectivity index (χ3v) is 5.05. The first-order valence-electron chi connectivity index (χ1n) is 8.90. The van der Waals surface area contributed by atoms with E-state index in [2.05, 4.69) is 22.1 Å². The molecule has 1 saturated heterocycles. The molecule has 0 spiro atoms. The van der Waals surface area contributed by atoms with Crippen LogP contribution in [0.1, 0.15) is 16.1 Å². The number of aromatic nitrogens is 3. The zero-order valence-electron chi connectivity index (χ0n) is 15.0. The lowest BCUT2D eigenvalue weighted by atomic mass is 10.1. The van der Waals surface area contributed by atoms with Crippen LogP contribution in [0.2, 0.25) is 5.02 Å². The number of carbonyl (C=O) groups excluding carboxylic acids is 1. The zero-order valence-corrected chi connectivity index (χ0v) is 15.8. The molecule has 4 rings (SSSR count). The monoisotopic (exact) mass is 381 g/mol. The fraction of sp³-hybridized carbons (Fsp3) is 0.250.